The fourth-order valence-corrected chi connectivity index (χ4v) is 6.63. The molecule has 216 valence electrons. The summed E-state index contributed by atoms with van der Waals surface area (Å²) < 4.78 is 6.21. The van der Waals surface area contributed by atoms with Crippen LogP contribution in [0.1, 0.15) is 0 Å². The van der Waals surface area contributed by atoms with Crippen molar-refractivity contribution in [2.75, 3.05) is 0 Å². The molecule has 0 aliphatic rings. The van der Waals surface area contributed by atoms with Crippen LogP contribution in [0.3, 0.4) is 0 Å². The average Bonchev–Trinajstić information content (AvgIpc) is 3.74. The quantitative estimate of drug-likeness (QED) is 0.217. The van der Waals surface area contributed by atoms with Crippen molar-refractivity contribution in [1.29, 1.82) is 0 Å². The summed E-state index contributed by atoms with van der Waals surface area (Å²) in [4.78, 5) is 3.74. The summed E-state index contributed by atoms with van der Waals surface area (Å²) in [5.41, 5.74) is 12.4. The van der Waals surface area contributed by atoms with Crippen molar-refractivity contribution in [2.24, 2.45) is 0 Å². The second kappa shape index (κ2) is 10.7. The largest absolute Gasteiger partial charge is 0.456 e. The van der Waals surface area contributed by atoms with E-state index in [4.69, 9.17) is 14.6 Å². The predicted octanol–water partition coefficient (Wildman–Crippen LogP) is 10.6. The van der Waals surface area contributed by atoms with Gasteiger partial charge in [0, 0.05) is 21.9 Å². The number of furan rings is 1. The van der Waals surface area contributed by atoms with Crippen LogP contribution >= 0.6 is 0 Å². The minimum absolute atomic E-state index is 0.730. The molecule has 0 aliphatic carbocycles. The molecule has 9 rings (SSSR count). The summed E-state index contributed by atoms with van der Waals surface area (Å²) in [6.07, 6.45) is 0. The minimum Gasteiger partial charge on any atom is -0.456 e. The van der Waals surface area contributed by atoms with Crippen LogP contribution in [-0.2, 0) is 0 Å². The highest BCUT2D eigenvalue weighted by Crippen LogP contribution is 2.45. The Bertz CT molecular complexity index is 2530. The van der Waals surface area contributed by atoms with E-state index >= 15 is 0 Å². The van der Waals surface area contributed by atoms with Gasteiger partial charge in [-0.1, -0.05) is 127 Å². The second-order valence-corrected chi connectivity index (χ2v) is 11.4. The fraction of sp³-hybridized carbons (Fsp3) is 0. The molecule has 3 aromatic heterocycles. The molecule has 6 aromatic carbocycles. The standard InChI is InChI=1S/C41H26N4O/c1-3-13-26(14-4-1)29-17-7-9-19-31(29)38-40(32-20-10-8-18-30(32)27-15-5-2-6-16-27)43-45-44-41(38)34-25-28-23-24-36-37(39(28)42-34)33-21-11-12-22-35(33)46-36/h1-25,42H. The zero-order valence-electron chi connectivity index (χ0n) is 24.7. The number of aromatic nitrogens is 4. The third-order valence-corrected chi connectivity index (χ3v) is 8.70. The SMILES string of the molecule is c1ccc(-c2ccccc2-c2nnnc(-c3cc4ccc5oc6ccccc6c5c4[nH]3)c2-c2ccccc2-c2ccccc2)cc1. The fourth-order valence-electron chi connectivity index (χ4n) is 6.63. The highest BCUT2D eigenvalue weighted by Gasteiger charge is 2.24. The molecule has 0 saturated heterocycles. The summed E-state index contributed by atoms with van der Waals surface area (Å²) in [6, 6.07) is 52.2. The molecule has 46 heavy (non-hydrogen) atoms. The Balaban J connectivity index is 1.36. The summed E-state index contributed by atoms with van der Waals surface area (Å²) in [5, 5.41) is 17.1. The number of para-hydroxylation sites is 1. The lowest BCUT2D eigenvalue weighted by atomic mass is 9.88. The van der Waals surface area contributed by atoms with E-state index in [0.29, 0.717) is 0 Å². The van der Waals surface area contributed by atoms with Gasteiger partial charge in [0.15, 0.2) is 0 Å². The Morgan fingerprint density at radius 1 is 0.478 bits per heavy atom. The molecule has 1 N–H and O–H groups in total. The molecular formula is C41H26N4O. The van der Waals surface area contributed by atoms with Gasteiger partial charge in [-0.05, 0) is 57.3 Å². The van der Waals surface area contributed by atoms with E-state index in [-0.39, 0.29) is 0 Å². The highest BCUT2D eigenvalue weighted by molar-refractivity contribution is 6.18. The lowest BCUT2D eigenvalue weighted by Crippen LogP contribution is -2.02. The predicted molar refractivity (Wildman–Crippen MR) is 186 cm³/mol. The van der Waals surface area contributed by atoms with Crippen molar-refractivity contribution in [3.63, 3.8) is 0 Å². The maximum absolute atomic E-state index is 6.21. The molecule has 5 nitrogen and oxygen atoms in total. The number of fused-ring (bicyclic) bond motifs is 5. The molecular weight excluding hydrogens is 564 g/mol. The van der Waals surface area contributed by atoms with Gasteiger partial charge in [-0.25, -0.2) is 0 Å². The van der Waals surface area contributed by atoms with Gasteiger partial charge in [-0.15, -0.1) is 10.2 Å². The van der Waals surface area contributed by atoms with Crippen LogP contribution < -0.4 is 0 Å². The Morgan fingerprint density at radius 2 is 1.07 bits per heavy atom. The number of benzene rings is 6. The normalized spacial score (nSPS) is 11.5. The number of aromatic amines is 1. The molecule has 0 radical (unpaired) electrons. The van der Waals surface area contributed by atoms with Crippen molar-refractivity contribution >= 4 is 32.8 Å². The molecule has 0 aliphatic heterocycles. The van der Waals surface area contributed by atoms with Gasteiger partial charge in [0.05, 0.1) is 16.6 Å². The molecule has 0 fully saturated rings. The van der Waals surface area contributed by atoms with Crippen molar-refractivity contribution in [1.82, 2.24) is 20.4 Å². The first kappa shape index (κ1) is 26.1. The number of hydrogen-bond acceptors (Lipinski definition) is 4. The van der Waals surface area contributed by atoms with Crippen LogP contribution in [0.25, 0.3) is 88.9 Å². The zero-order chi connectivity index (χ0) is 30.5. The summed E-state index contributed by atoms with van der Waals surface area (Å²) in [7, 11) is 0. The number of H-pyrrole nitrogens is 1. The maximum atomic E-state index is 6.21. The third kappa shape index (κ3) is 4.21. The van der Waals surface area contributed by atoms with Gasteiger partial charge in [0.25, 0.3) is 0 Å². The lowest BCUT2D eigenvalue weighted by molar-refractivity contribution is 0.669. The first-order chi connectivity index (χ1) is 22.8. The van der Waals surface area contributed by atoms with Crippen molar-refractivity contribution in [2.45, 2.75) is 0 Å². The van der Waals surface area contributed by atoms with E-state index in [1.165, 1.54) is 0 Å². The summed E-state index contributed by atoms with van der Waals surface area (Å²) in [6.45, 7) is 0. The van der Waals surface area contributed by atoms with Gasteiger partial charge < -0.3 is 9.40 Å². The zero-order valence-corrected chi connectivity index (χ0v) is 24.7. The first-order valence-corrected chi connectivity index (χ1v) is 15.3. The number of hydrogen-bond donors (Lipinski definition) is 1. The van der Waals surface area contributed by atoms with Gasteiger partial charge >= 0.3 is 0 Å². The highest BCUT2D eigenvalue weighted by atomic mass is 16.3. The molecule has 3 heterocycles. The van der Waals surface area contributed by atoms with E-state index in [1.807, 2.05) is 36.4 Å². The van der Waals surface area contributed by atoms with Crippen molar-refractivity contribution < 1.29 is 4.42 Å². The number of nitrogens with zero attached hydrogens (tertiary/aromatic N) is 3. The molecule has 0 bridgehead atoms. The van der Waals surface area contributed by atoms with Crippen LogP contribution in [0.4, 0.5) is 0 Å². The number of rotatable bonds is 5. The molecule has 5 heteroatoms. The first-order valence-electron chi connectivity index (χ1n) is 15.3. The average molecular weight is 591 g/mol. The van der Waals surface area contributed by atoms with E-state index in [1.54, 1.807) is 0 Å². The topological polar surface area (TPSA) is 67.6 Å². The monoisotopic (exact) mass is 590 g/mol. The van der Waals surface area contributed by atoms with Gasteiger partial charge in [-0.2, -0.15) is 0 Å². The van der Waals surface area contributed by atoms with Crippen LogP contribution in [-0.4, -0.2) is 20.4 Å². The van der Waals surface area contributed by atoms with Crippen LogP contribution in [0, 0.1) is 0 Å². The molecule has 0 saturated carbocycles. The summed E-state index contributed by atoms with van der Waals surface area (Å²) >= 11 is 0. The van der Waals surface area contributed by atoms with Crippen molar-refractivity contribution in [3.05, 3.63) is 152 Å². The minimum atomic E-state index is 0.730. The molecule has 9 aromatic rings. The maximum Gasteiger partial charge on any atom is 0.137 e. The lowest BCUT2D eigenvalue weighted by Gasteiger charge is -2.17. The van der Waals surface area contributed by atoms with E-state index in [0.717, 1.165) is 88.9 Å². The van der Waals surface area contributed by atoms with Gasteiger partial charge in [0.2, 0.25) is 0 Å². The van der Waals surface area contributed by atoms with E-state index in [9.17, 15) is 0 Å². The van der Waals surface area contributed by atoms with Gasteiger partial charge in [-0.3, -0.25) is 0 Å². The van der Waals surface area contributed by atoms with Crippen LogP contribution in [0.2, 0.25) is 0 Å². The number of nitrogens with one attached hydrogen (secondary N) is 1. The van der Waals surface area contributed by atoms with Crippen LogP contribution in [0.5, 0.6) is 0 Å². The Kier molecular flexibility index (Phi) is 6.06. The van der Waals surface area contributed by atoms with Crippen LogP contribution in [0.15, 0.2) is 156 Å². The van der Waals surface area contributed by atoms with Gasteiger partial charge in [0.1, 0.15) is 22.6 Å². The molecule has 0 amide bonds. The van der Waals surface area contributed by atoms with Crippen molar-refractivity contribution in [3.8, 4) is 56.0 Å². The molecule has 0 spiro atoms. The second-order valence-electron chi connectivity index (χ2n) is 11.4. The Labute approximate surface area is 264 Å². The Morgan fingerprint density at radius 3 is 1.80 bits per heavy atom. The Hall–Kier alpha value is -6.33. The summed E-state index contributed by atoms with van der Waals surface area (Å²) in [5.74, 6) is 0. The van der Waals surface area contributed by atoms with E-state index in [2.05, 4.69) is 125 Å². The third-order valence-electron chi connectivity index (χ3n) is 8.70. The van der Waals surface area contributed by atoms with E-state index < -0.39 is 0 Å². The molecule has 0 unspecified atom stereocenters. The molecule has 0 atom stereocenters. The smallest absolute Gasteiger partial charge is 0.137 e.